The number of hydrogen-bond acceptors (Lipinski definition) is 1. The maximum absolute atomic E-state index is 4.16. The van der Waals surface area contributed by atoms with Gasteiger partial charge in [-0.15, -0.1) is 11.8 Å². The summed E-state index contributed by atoms with van der Waals surface area (Å²) in [6.07, 6.45) is 4.56. The highest BCUT2D eigenvalue weighted by molar-refractivity contribution is 7.99. The van der Waals surface area contributed by atoms with E-state index in [-0.39, 0.29) is 0 Å². The van der Waals surface area contributed by atoms with Gasteiger partial charge in [0.25, 0.3) is 0 Å². The summed E-state index contributed by atoms with van der Waals surface area (Å²) in [6, 6.07) is 0. The molecule has 1 nitrogen and oxygen atoms in total. The van der Waals surface area contributed by atoms with Crippen LogP contribution >= 0.6 is 11.8 Å². The first kappa shape index (κ1) is 8.31. The summed E-state index contributed by atoms with van der Waals surface area (Å²) < 4.78 is 0. The molecule has 0 aliphatic rings. The number of thioether (sulfide) groups is 1. The summed E-state index contributed by atoms with van der Waals surface area (Å²) in [5.41, 5.74) is 0. The Kier molecular flexibility index (Phi) is 5.66. The lowest BCUT2D eigenvalue weighted by molar-refractivity contribution is 0.656. The minimum Gasteiger partial charge on any atom is -0.231 e. The highest BCUT2D eigenvalue weighted by atomic mass is 32.2. The van der Waals surface area contributed by atoms with Crippen molar-refractivity contribution in [1.82, 2.24) is 5.32 Å². The maximum Gasteiger partial charge on any atom is 0.0693 e. The molecular weight excluding hydrogens is 118 g/mol. The van der Waals surface area contributed by atoms with Crippen molar-refractivity contribution in [1.29, 1.82) is 0 Å². The molecule has 1 atom stereocenters. The second kappa shape index (κ2) is 5.45. The SMILES string of the molecule is CCCC([N]C)SC. The van der Waals surface area contributed by atoms with Crippen LogP contribution < -0.4 is 5.32 Å². The molecule has 0 heterocycles. The third kappa shape index (κ3) is 3.33. The molecule has 0 amide bonds. The summed E-state index contributed by atoms with van der Waals surface area (Å²) in [4.78, 5) is 0. The van der Waals surface area contributed by atoms with E-state index in [4.69, 9.17) is 0 Å². The molecule has 0 fully saturated rings. The zero-order chi connectivity index (χ0) is 6.41. The molecule has 0 saturated heterocycles. The van der Waals surface area contributed by atoms with Gasteiger partial charge < -0.3 is 0 Å². The largest absolute Gasteiger partial charge is 0.231 e. The fourth-order valence-corrected chi connectivity index (χ4v) is 1.28. The molecule has 0 aromatic rings. The Bertz CT molecular complexity index is 43.8. The predicted molar refractivity (Wildman–Crippen MR) is 40.3 cm³/mol. The van der Waals surface area contributed by atoms with E-state index >= 15 is 0 Å². The van der Waals surface area contributed by atoms with Crippen molar-refractivity contribution in [3.63, 3.8) is 0 Å². The van der Waals surface area contributed by atoms with Gasteiger partial charge in [0.1, 0.15) is 0 Å². The van der Waals surface area contributed by atoms with Crippen LogP contribution in [0.4, 0.5) is 0 Å². The van der Waals surface area contributed by atoms with Crippen LogP contribution in [0.1, 0.15) is 19.8 Å². The molecular formula is C6H14NS. The Morgan fingerprint density at radius 1 is 1.62 bits per heavy atom. The summed E-state index contributed by atoms with van der Waals surface area (Å²) in [6.45, 7) is 2.19. The molecule has 2 heteroatoms. The first-order valence-electron chi connectivity index (χ1n) is 2.96. The van der Waals surface area contributed by atoms with E-state index < -0.39 is 0 Å². The smallest absolute Gasteiger partial charge is 0.0693 e. The van der Waals surface area contributed by atoms with Gasteiger partial charge in [0.2, 0.25) is 0 Å². The Morgan fingerprint density at radius 3 is 2.38 bits per heavy atom. The zero-order valence-electron chi connectivity index (χ0n) is 5.85. The van der Waals surface area contributed by atoms with Crippen LogP contribution in [-0.2, 0) is 0 Å². The van der Waals surface area contributed by atoms with E-state index in [2.05, 4.69) is 18.5 Å². The second-order valence-corrected chi connectivity index (χ2v) is 2.75. The third-order valence-electron chi connectivity index (χ3n) is 1.10. The zero-order valence-corrected chi connectivity index (χ0v) is 6.66. The third-order valence-corrected chi connectivity index (χ3v) is 2.09. The summed E-state index contributed by atoms with van der Waals surface area (Å²) in [5.74, 6) is 0. The second-order valence-electron chi connectivity index (χ2n) is 1.74. The minimum atomic E-state index is 0.542. The average Bonchev–Trinajstić information content (AvgIpc) is 1.83. The highest BCUT2D eigenvalue weighted by Crippen LogP contribution is 2.08. The lowest BCUT2D eigenvalue weighted by Gasteiger charge is -2.07. The van der Waals surface area contributed by atoms with Crippen molar-refractivity contribution in [3.05, 3.63) is 0 Å². The van der Waals surface area contributed by atoms with Gasteiger partial charge in [0.15, 0.2) is 0 Å². The van der Waals surface area contributed by atoms with Gasteiger partial charge in [-0.1, -0.05) is 13.3 Å². The van der Waals surface area contributed by atoms with Crippen molar-refractivity contribution >= 4 is 11.8 Å². The van der Waals surface area contributed by atoms with Crippen molar-refractivity contribution < 1.29 is 0 Å². The van der Waals surface area contributed by atoms with Crippen LogP contribution in [-0.4, -0.2) is 18.7 Å². The van der Waals surface area contributed by atoms with Crippen LogP contribution in [0, 0.1) is 0 Å². The Morgan fingerprint density at radius 2 is 2.25 bits per heavy atom. The molecule has 0 bridgehead atoms. The normalized spacial score (nSPS) is 13.9. The first-order valence-corrected chi connectivity index (χ1v) is 4.25. The van der Waals surface area contributed by atoms with Gasteiger partial charge >= 0.3 is 0 Å². The molecule has 0 aliphatic carbocycles. The molecule has 0 spiro atoms. The summed E-state index contributed by atoms with van der Waals surface area (Å²) in [5, 5.41) is 4.70. The lowest BCUT2D eigenvalue weighted by atomic mass is 10.3. The predicted octanol–water partition coefficient (Wildman–Crippen LogP) is 1.71. The fraction of sp³-hybridized carbons (Fsp3) is 1.00. The molecule has 49 valence electrons. The van der Waals surface area contributed by atoms with Crippen LogP contribution in [0.25, 0.3) is 0 Å². The molecule has 0 rings (SSSR count). The van der Waals surface area contributed by atoms with Crippen LogP contribution in [0.2, 0.25) is 0 Å². The van der Waals surface area contributed by atoms with Gasteiger partial charge in [-0.2, -0.15) is 0 Å². The number of nitrogens with zero attached hydrogens (tertiary/aromatic N) is 1. The molecule has 0 aliphatic heterocycles. The van der Waals surface area contributed by atoms with Gasteiger partial charge in [-0.3, -0.25) is 0 Å². The number of hydrogen-bond donors (Lipinski definition) is 0. The molecule has 0 saturated carbocycles. The van der Waals surface area contributed by atoms with Crippen LogP contribution in [0.5, 0.6) is 0 Å². The van der Waals surface area contributed by atoms with Crippen molar-refractivity contribution in [2.24, 2.45) is 0 Å². The van der Waals surface area contributed by atoms with Crippen molar-refractivity contribution in [2.75, 3.05) is 13.3 Å². The van der Waals surface area contributed by atoms with E-state index in [0.717, 1.165) is 0 Å². The first-order chi connectivity index (χ1) is 3.85. The Hall–Kier alpha value is 0.310. The maximum atomic E-state index is 4.16. The van der Waals surface area contributed by atoms with E-state index in [1.807, 2.05) is 18.8 Å². The molecule has 1 unspecified atom stereocenters. The lowest BCUT2D eigenvalue weighted by Crippen LogP contribution is -2.12. The van der Waals surface area contributed by atoms with E-state index in [0.29, 0.717) is 5.37 Å². The fourth-order valence-electron chi connectivity index (χ4n) is 0.599. The molecule has 1 radical (unpaired) electrons. The van der Waals surface area contributed by atoms with E-state index in [1.54, 1.807) is 0 Å². The summed E-state index contributed by atoms with van der Waals surface area (Å²) in [7, 11) is 1.89. The summed E-state index contributed by atoms with van der Waals surface area (Å²) >= 11 is 1.83. The minimum absolute atomic E-state index is 0.542. The molecule has 8 heavy (non-hydrogen) atoms. The van der Waals surface area contributed by atoms with Gasteiger partial charge in [-0.25, -0.2) is 5.32 Å². The van der Waals surface area contributed by atoms with Gasteiger partial charge in [0, 0.05) is 7.05 Å². The molecule has 0 aromatic heterocycles. The topological polar surface area (TPSA) is 14.1 Å². The Balaban J connectivity index is 3.07. The quantitative estimate of drug-likeness (QED) is 0.568. The van der Waals surface area contributed by atoms with E-state index in [9.17, 15) is 0 Å². The van der Waals surface area contributed by atoms with Crippen molar-refractivity contribution in [3.8, 4) is 0 Å². The molecule has 0 aromatic carbocycles. The number of rotatable bonds is 4. The van der Waals surface area contributed by atoms with Gasteiger partial charge in [0.05, 0.1) is 5.37 Å². The highest BCUT2D eigenvalue weighted by Gasteiger charge is 1.99. The van der Waals surface area contributed by atoms with Gasteiger partial charge in [-0.05, 0) is 12.7 Å². The van der Waals surface area contributed by atoms with Crippen molar-refractivity contribution in [2.45, 2.75) is 25.1 Å². The molecule has 0 N–H and O–H groups in total. The van der Waals surface area contributed by atoms with Crippen LogP contribution in [0.15, 0.2) is 0 Å². The van der Waals surface area contributed by atoms with Crippen LogP contribution in [0.3, 0.4) is 0 Å². The van der Waals surface area contributed by atoms with E-state index in [1.165, 1.54) is 12.8 Å². The Labute approximate surface area is 56.2 Å². The standard InChI is InChI=1S/C6H14NS/c1-4-5-6(7-2)8-3/h6H,4-5H2,1-3H3. The monoisotopic (exact) mass is 132 g/mol. The average molecular weight is 132 g/mol.